The Morgan fingerprint density at radius 1 is 1.44 bits per heavy atom. The topological polar surface area (TPSA) is 29.5 Å². The fraction of sp³-hybridized carbons (Fsp3) is 0.583. The van der Waals surface area contributed by atoms with E-state index >= 15 is 0 Å². The number of ether oxygens (including phenoxy) is 1. The van der Waals surface area contributed by atoms with E-state index < -0.39 is 0 Å². The number of fused-ring (bicyclic) bond motifs is 2. The predicted molar refractivity (Wildman–Crippen MR) is 63.0 cm³/mol. The summed E-state index contributed by atoms with van der Waals surface area (Å²) in [4.78, 5) is 15.1. The lowest BCUT2D eigenvalue weighted by atomic mass is 10.2. The number of thiophene rings is 1. The first-order chi connectivity index (χ1) is 7.81. The maximum Gasteiger partial charge on any atom is 0.186 e. The molecule has 3 heterocycles. The van der Waals surface area contributed by atoms with Gasteiger partial charge in [-0.1, -0.05) is 6.07 Å². The molecular formula is C12H15NO2S. The van der Waals surface area contributed by atoms with Gasteiger partial charge in [0.2, 0.25) is 0 Å². The van der Waals surface area contributed by atoms with Crippen molar-refractivity contribution in [1.82, 2.24) is 4.90 Å². The minimum absolute atomic E-state index is 0.247. The van der Waals surface area contributed by atoms with Gasteiger partial charge in [0.05, 0.1) is 23.6 Å². The molecule has 2 saturated heterocycles. The summed E-state index contributed by atoms with van der Waals surface area (Å²) < 4.78 is 5.75. The van der Waals surface area contributed by atoms with Crippen molar-refractivity contribution in [2.45, 2.75) is 25.0 Å². The lowest BCUT2D eigenvalue weighted by Crippen LogP contribution is -2.44. The van der Waals surface area contributed by atoms with Gasteiger partial charge in [0.25, 0.3) is 0 Å². The minimum Gasteiger partial charge on any atom is -0.372 e. The molecule has 86 valence electrons. The third kappa shape index (κ3) is 2.05. The van der Waals surface area contributed by atoms with Crippen LogP contribution in [0.5, 0.6) is 0 Å². The number of Topliss-reactive ketones (excluding diaryl/α,β-unsaturated/α-hetero) is 1. The van der Waals surface area contributed by atoms with Gasteiger partial charge in [-0.3, -0.25) is 9.69 Å². The van der Waals surface area contributed by atoms with Gasteiger partial charge < -0.3 is 4.74 Å². The molecule has 2 atom stereocenters. The molecule has 4 heteroatoms. The monoisotopic (exact) mass is 237 g/mol. The summed E-state index contributed by atoms with van der Waals surface area (Å²) >= 11 is 1.53. The Morgan fingerprint density at radius 3 is 2.81 bits per heavy atom. The van der Waals surface area contributed by atoms with Gasteiger partial charge in [0.15, 0.2) is 5.78 Å². The molecule has 3 rings (SSSR count). The van der Waals surface area contributed by atoms with E-state index in [2.05, 4.69) is 4.90 Å². The van der Waals surface area contributed by atoms with Gasteiger partial charge in [0, 0.05) is 13.1 Å². The highest BCUT2D eigenvalue weighted by atomic mass is 32.1. The van der Waals surface area contributed by atoms with Gasteiger partial charge in [-0.25, -0.2) is 0 Å². The van der Waals surface area contributed by atoms with Crippen LogP contribution in [-0.2, 0) is 4.74 Å². The Labute approximate surface area is 99.0 Å². The second kappa shape index (κ2) is 4.28. The average Bonchev–Trinajstić information content (AvgIpc) is 2.88. The summed E-state index contributed by atoms with van der Waals surface area (Å²) in [6.45, 7) is 2.40. The van der Waals surface area contributed by atoms with Crippen LogP contribution in [0, 0.1) is 0 Å². The summed E-state index contributed by atoms with van der Waals surface area (Å²) in [6, 6.07) is 3.84. The van der Waals surface area contributed by atoms with Crippen molar-refractivity contribution < 1.29 is 9.53 Å². The van der Waals surface area contributed by atoms with Crippen LogP contribution in [-0.4, -0.2) is 42.5 Å². The van der Waals surface area contributed by atoms with E-state index in [1.807, 2.05) is 17.5 Å². The van der Waals surface area contributed by atoms with Crippen molar-refractivity contribution in [2.75, 3.05) is 19.6 Å². The Hall–Kier alpha value is -0.710. The number of carbonyl (C=O) groups excluding carboxylic acids is 1. The molecule has 0 aliphatic carbocycles. The molecule has 1 aromatic heterocycles. The number of rotatable bonds is 3. The Morgan fingerprint density at radius 2 is 2.19 bits per heavy atom. The first-order valence-corrected chi connectivity index (χ1v) is 6.64. The number of likely N-dealkylation sites (tertiary alicyclic amines) is 1. The molecule has 0 saturated carbocycles. The zero-order valence-electron chi connectivity index (χ0n) is 9.09. The molecule has 0 radical (unpaired) electrons. The molecule has 2 bridgehead atoms. The second-order valence-corrected chi connectivity index (χ2v) is 5.50. The van der Waals surface area contributed by atoms with Crippen LogP contribution in [0.4, 0.5) is 0 Å². The molecule has 1 aromatic rings. The smallest absolute Gasteiger partial charge is 0.186 e. The van der Waals surface area contributed by atoms with Gasteiger partial charge in [-0.05, 0) is 24.3 Å². The van der Waals surface area contributed by atoms with Crippen LogP contribution in [0.15, 0.2) is 17.5 Å². The quantitative estimate of drug-likeness (QED) is 0.751. The van der Waals surface area contributed by atoms with E-state index in [0.29, 0.717) is 18.8 Å². The maximum atomic E-state index is 11.9. The molecule has 0 aromatic carbocycles. The maximum absolute atomic E-state index is 11.9. The zero-order valence-corrected chi connectivity index (χ0v) is 9.91. The van der Waals surface area contributed by atoms with E-state index in [4.69, 9.17) is 4.74 Å². The molecule has 0 amide bonds. The van der Waals surface area contributed by atoms with Crippen molar-refractivity contribution in [3.8, 4) is 0 Å². The Kier molecular flexibility index (Phi) is 2.79. The van der Waals surface area contributed by atoms with E-state index in [-0.39, 0.29) is 5.78 Å². The number of ketones is 1. The molecule has 2 unspecified atom stereocenters. The zero-order chi connectivity index (χ0) is 11.0. The van der Waals surface area contributed by atoms with Gasteiger partial charge >= 0.3 is 0 Å². The van der Waals surface area contributed by atoms with Crippen molar-refractivity contribution in [3.63, 3.8) is 0 Å². The highest BCUT2D eigenvalue weighted by Gasteiger charge is 2.34. The first kappa shape index (κ1) is 10.4. The van der Waals surface area contributed by atoms with Crippen molar-refractivity contribution >= 4 is 17.1 Å². The van der Waals surface area contributed by atoms with Crippen molar-refractivity contribution in [3.05, 3.63) is 22.4 Å². The molecule has 0 N–H and O–H groups in total. The largest absolute Gasteiger partial charge is 0.372 e. The number of morpholine rings is 1. The van der Waals surface area contributed by atoms with Crippen LogP contribution in [0.3, 0.4) is 0 Å². The van der Waals surface area contributed by atoms with Crippen LogP contribution in [0.25, 0.3) is 0 Å². The lowest BCUT2D eigenvalue weighted by molar-refractivity contribution is -0.0355. The third-order valence-corrected chi connectivity index (χ3v) is 4.19. The summed E-state index contributed by atoms with van der Waals surface area (Å²) in [5, 5.41) is 1.95. The molecule has 2 aliphatic rings. The lowest BCUT2D eigenvalue weighted by Gasteiger charge is -2.31. The van der Waals surface area contributed by atoms with Crippen molar-refractivity contribution in [1.29, 1.82) is 0 Å². The van der Waals surface area contributed by atoms with E-state index in [9.17, 15) is 4.79 Å². The minimum atomic E-state index is 0.247. The second-order valence-electron chi connectivity index (χ2n) is 4.55. The van der Waals surface area contributed by atoms with E-state index in [1.165, 1.54) is 11.3 Å². The van der Waals surface area contributed by atoms with Gasteiger partial charge in [0.1, 0.15) is 0 Å². The summed E-state index contributed by atoms with van der Waals surface area (Å²) in [6.07, 6.45) is 3.06. The molecule has 0 spiro atoms. The highest BCUT2D eigenvalue weighted by Crippen LogP contribution is 2.26. The van der Waals surface area contributed by atoms with E-state index in [0.717, 1.165) is 30.8 Å². The highest BCUT2D eigenvalue weighted by molar-refractivity contribution is 7.12. The standard InChI is InChI=1S/C12H15NO2S/c14-11(12-2-1-5-16-12)8-13-6-9-3-4-10(7-13)15-9/h1-2,5,9-10H,3-4,6-8H2. The van der Waals surface area contributed by atoms with E-state index in [1.54, 1.807) is 0 Å². The predicted octanol–water partition coefficient (Wildman–Crippen LogP) is 1.79. The molecule has 3 nitrogen and oxygen atoms in total. The fourth-order valence-electron chi connectivity index (χ4n) is 2.55. The number of hydrogen-bond donors (Lipinski definition) is 0. The number of hydrogen-bond acceptors (Lipinski definition) is 4. The summed E-state index contributed by atoms with van der Waals surface area (Å²) in [7, 11) is 0. The summed E-state index contributed by atoms with van der Waals surface area (Å²) in [5.41, 5.74) is 0. The van der Waals surface area contributed by atoms with Crippen molar-refractivity contribution in [2.24, 2.45) is 0 Å². The molecule has 2 aliphatic heterocycles. The SMILES string of the molecule is O=C(CN1CC2CCC(C1)O2)c1cccs1. The molecule has 16 heavy (non-hydrogen) atoms. The Balaban J connectivity index is 1.61. The Bertz CT molecular complexity index is 364. The average molecular weight is 237 g/mol. The first-order valence-electron chi connectivity index (χ1n) is 5.76. The number of nitrogens with zero attached hydrogens (tertiary/aromatic N) is 1. The van der Waals surface area contributed by atoms with Crippen LogP contribution in [0.2, 0.25) is 0 Å². The molecular weight excluding hydrogens is 222 g/mol. The third-order valence-electron chi connectivity index (χ3n) is 3.28. The van der Waals surface area contributed by atoms with Gasteiger partial charge in [-0.2, -0.15) is 0 Å². The van der Waals surface area contributed by atoms with Crippen LogP contribution >= 0.6 is 11.3 Å². The summed E-state index contributed by atoms with van der Waals surface area (Å²) in [5.74, 6) is 0.247. The fourth-order valence-corrected chi connectivity index (χ4v) is 3.20. The van der Waals surface area contributed by atoms with Gasteiger partial charge in [-0.15, -0.1) is 11.3 Å². The normalized spacial score (nSPS) is 29.5. The number of carbonyl (C=O) groups is 1. The molecule has 2 fully saturated rings. The van der Waals surface area contributed by atoms with Crippen LogP contribution in [0.1, 0.15) is 22.5 Å². The van der Waals surface area contributed by atoms with Crippen LogP contribution < -0.4 is 0 Å².